The third-order valence-corrected chi connectivity index (χ3v) is 4.26. The topological polar surface area (TPSA) is 37.4 Å². The van der Waals surface area contributed by atoms with Crippen LogP contribution in [0.4, 0.5) is 11.4 Å². The zero-order valence-corrected chi connectivity index (χ0v) is 13.1. The van der Waals surface area contributed by atoms with Crippen molar-refractivity contribution in [2.75, 3.05) is 43.6 Å². The third kappa shape index (κ3) is 2.56. The van der Waals surface area contributed by atoms with E-state index in [1.54, 1.807) is 0 Å². The second kappa shape index (κ2) is 5.90. The maximum absolute atomic E-state index is 5.44. The minimum Gasteiger partial charge on any atom is -0.387 e. The van der Waals surface area contributed by atoms with E-state index in [0.717, 1.165) is 43.9 Å². The van der Waals surface area contributed by atoms with Crippen LogP contribution in [0.3, 0.4) is 0 Å². The van der Waals surface area contributed by atoms with Gasteiger partial charge in [0.05, 0.1) is 18.7 Å². The first-order valence-electron chi connectivity index (χ1n) is 7.68. The molecule has 4 nitrogen and oxygen atoms in total. The molecule has 0 atom stereocenters. The predicted octanol–water partition coefficient (Wildman–Crippen LogP) is 2.98. The van der Waals surface area contributed by atoms with Crippen molar-refractivity contribution in [3.8, 4) is 0 Å². The molecular formula is C17H23N3O. The summed E-state index contributed by atoms with van der Waals surface area (Å²) in [5.41, 5.74) is 5.97. The van der Waals surface area contributed by atoms with Crippen molar-refractivity contribution in [1.82, 2.24) is 4.98 Å². The number of aryl methyl sites for hydroxylation is 1. The van der Waals surface area contributed by atoms with Crippen molar-refractivity contribution >= 4 is 22.3 Å². The first-order chi connectivity index (χ1) is 10.2. The second-order valence-corrected chi connectivity index (χ2v) is 5.46. The van der Waals surface area contributed by atoms with E-state index in [0.29, 0.717) is 0 Å². The number of anilines is 2. The number of nitrogens with zero attached hydrogens (tertiary/aromatic N) is 2. The van der Waals surface area contributed by atoms with Gasteiger partial charge in [0.25, 0.3) is 0 Å². The number of fused-ring (bicyclic) bond motifs is 1. The second-order valence-electron chi connectivity index (χ2n) is 5.46. The summed E-state index contributed by atoms with van der Waals surface area (Å²) >= 11 is 0. The lowest BCUT2D eigenvalue weighted by Gasteiger charge is -2.29. The Kier molecular flexibility index (Phi) is 3.97. The molecule has 1 N–H and O–H groups in total. The van der Waals surface area contributed by atoms with Crippen LogP contribution in [0.2, 0.25) is 0 Å². The van der Waals surface area contributed by atoms with Gasteiger partial charge in [-0.1, -0.05) is 6.92 Å². The molecule has 2 aromatic rings. The van der Waals surface area contributed by atoms with Crippen LogP contribution in [-0.2, 0) is 11.2 Å². The minimum atomic E-state index is 0.809. The Bertz CT molecular complexity index is 648. The Morgan fingerprint density at radius 2 is 2.05 bits per heavy atom. The molecule has 0 unspecified atom stereocenters. The van der Waals surface area contributed by atoms with Gasteiger partial charge in [-0.2, -0.15) is 0 Å². The fraction of sp³-hybridized carbons (Fsp3) is 0.471. The van der Waals surface area contributed by atoms with Crippen molar-refractivity contribution in [2.24, 2.45) is 0 Å². The molecule has 4 heteroatoms. The van der Waals surface area contributed by atoms with E-state index in [4.69, 9.17) is 9.72 Å². The van der Waals surface area contributed by atoms with E-state index >= 15 is 0 Å². The van der Waals surface area contributed by atoms with Crippen LogP contribution in [0.5, 0.6) is 0 Å². The van der Waals surface area contributed by atoms with E-state index in [9.17, 15) is 0 Å². The van der Waals surface area contributed by atoms with Gasteiger partial charge < -0.3 is 15.0 Å². The average molecular weight is 285 g/mol. The van der Waals surface area contributed by atoms with Crippen LogP contribution in [0.15, 0.2) is 18.2 Å². The highest BCUT2D eigenvalue weighted by molar-refractivity contribution is 5.95. The first-order valence-corrected chi connectivity index (χ1v) is 7.68. The van der Waals surface area contributed by atoms with Gasteiger partial charge in [0.2, 0.25) is 0 Å². The molecule has 1 saturated heterocycles. The Morgan fingerprint density at radius 1 is 1.29 bits per heavy atom. The predicted molar refractivity (Wildman–Crippen MR) is 88.4 cm³/mol. The summed E-state index contributed by atoms with van der Waals surface area (Å²) in [6, 6.07) is 6.57. The molecule has 112 valence electrons. The van der Waals surface area contributed by atoms with Crippen molar-refractivity contribution in [2.45, 2.75) is 20.3 Å². The zero-order chi connectivity index (χ0) is 14.8. The number of morpholine rings is 1. The number of rotatable bonds is 3. The van der Waals surface area contributed by atoms with Gasteiger partial charge in [-0.05, 0) is 37.1 Å². The highest BCUT2D eigenvalue weighted by Crippen LogP contribution is 2.31. The quantitative estimate of drug-likeness (QED) is 0.941. The molecule has 2 heterocycles. The molecule has 21 heavy (non-hydrogen) atoms. The molecule has 1 aromatic heterocycles. The van der Waals surface area contributed by atoms with Gasteiger partial charge in [0.15, 0.2) is 0 Å². The van der Waals surface area contributed by atoms with Crippen LogP contribution in [0.1, 0.15) is 18.2 Å². The van der Waals surface area contributed by atoms with Crippen molar-refractivity contribution in [1.29, 1.82) is 0 Å². The van der Waals surface area contributed by atoms with Gasteiger partial charge in [-0.25, -0.2) is 0 Å². The molecule has 0 spiro atoms. The molecule has 1 aromatic carbocycles. The lowest BCUT2D eigenvalue weighted by atomic mass is 10.0. The fourth-order valence-corrected chi connectivity index (χ4v) is 3.15. The molecule has 0 bridgehead atoms. The molecular weight excluding hydrogens is 262 g/mol. The van der Waals surface area contributed by atoms with Crippen LogP contribution >= 0.6 is 0 Å². The normalized spacial score (nSPS) is 15.5. The lowest BCUT2D eigenvalue weighted by molar-refractivity contribution is 0.122. The minimum absolute atomic E-state index is 0.809. The SMILES string of the molecule is CCc1c(C)nc2ccc(N3CCOCC3)cc2c1NC. The third-order valence-electron chi connectivity index (χ3n) is 4.26. The molecule has 0 radical (unpaired) electrons. The monoisotopic (exact) mass is 285 g/mol. The Balaban J connectivity index is 2.12. The number of benzene rings is 1. The fourth-order valence-electron chi connectivity index (χ4n) is 3.15. The maximum Gasteiger partial charge on any atom is 0.0727 e. The van der Waals surface area contributed by atoms with Crippen LogP contribution in [-0.4, -0.2) is 38.3 Å². The Labute approximate surface area is 126 Å². The number of hydrogen-bond acceptors (Lipinski definition) is 4. The van der Waals surface area contributed by atoms with Gasteiger partial charge in [-0.15, -0.1) is 0 Å². The summed E-state index contributed by atoms with van der Waals surface area (Å²) in [6.45, 7) is 7.81. The summed E-state index contributed by atoms with van der Waals surface area (Å²) in [5.74, 6) is 0. The van der Waals surface area contributed by atoms with Gasteiger partial charge in [0.1, 0.15) is 0 Å². The largest absolute Gasteiger partial charge is 0.387 e. The maximum atomic E-state index is 5.44. The zero-order valence-electron chi connectivity index (χ0n) is 13.1. The standard InChI is InChI=1S/C17H23N3O/c1-4-14-12(2)19-16-6-5-13(11-15(16)17(14)18-3)20-7-9-21-10-8-20/h5-6,11H,4,7-10H2,1-3H3,(H,18,19). The Hall–Kier alpha value is -1.81. The highest BCUT2D eigenvalue weighted by Gasteiger charge is 2.15. The van der Waals surface area contributed by atoms with Crippen LogP contribution < -0.4 is 10.2 Å². The van der Waals surface area contributed by atoms with E-state index in [2.05, 4.69) is 42.3 Å². The molecule has 0 amide bonds. The number of pyridine rings is 1. The summed E-state index contributed by atoms with van der Waals surface area (Å²) in [5, 5.41) is 4.59. The number of hydrogen-bond donors (Lipinski definition) is 1. The number of aromatic nitrogens is 1. The van der Waals surface area contributed by atoms with Crippen LogP contribution in [0, 0.1) is 6.92 Å². The van der Waals surface area contributed by atoms with Crippen molar-refractivity contribution < 1.29 is 4.74 Å². The van der Waals surface area contributed by atoms with Gasteiger partial charge >= 0.3 is 0 Å². The summed E-state index contributed by atoms with van der Waals surface area (Å²) in [7, 11) is 1.99. The molecule has 1 fully saturated rings. The number of ether oxygens (including phenoxy) is 1. The van der Waals surface area contributed by atoms with E-state index in [1.807, 2.05) is 7.05 Å². The summed E-state index contributed by atoms with van der Waals surface area (Å²) in [4.78, 5) is 7.14. The first kappa shape index (κ1) is 14.1. The highest BCUT2D eigenvalue weighted by atomic mass is 16.5. The van der Waals surface area contributed by atoms with E-state index in [1.165, 1.54) is 22.3 Å². The molecule has 1 aliphatic rings. The van der Waals surface area contributed by atoms with Gasteiger partial charge in [-0.3, -0.25) is 4.98 Å². The lowest BCUT2D eigenvalue weighted by Crippen LogP contribution is -2.36. The summed E-state index contributed by atoms with van der Waals surface area (Å²) < 4.78 is 5.44. The molecule has 1 aliphatic heterocycles. The molecule has 3 rings (SSSR count). The van der Waals surface area contributed by atoms with E-state index in [-0.39, 0.29) is 0 Å². The van der Waals surface area contributed by atoms with Gasteiger partial charge in [0, 0.05) is 42.6 Å². The van der Waals surface area contributed by atoms with Crippen LogP contribution in [0.25, 0.3) is 10.9 Å². The molecule has 0 aliphatic carbocycles. The molecule has 0 saturated carbocycles. The summed E-state index contributed by atoms with van der Waals surface area (Å²) in [6.07, 6.45) is 0.993. The Morgan fingerprint density at radius 3 is 2.71 bits per heavy atom. The van der Waals surface area contributed by atoms with Crippen molar-refractivity contribution in [3.05, 3.63) is 29.5 Å². The smallest absolute Gasteiger partial charge is 0.0727 e. The average Bonchev–Trinajstić information content (AvgIpc) is 2.54. The number of nitrogens with one attached hydrogen (secondary N) is 1. The van der Waals surface area contributed by atoms with E-state index < -0.39 is 0 Å². The van der Waals surface area contributed by atoms with Crippen molar-refractivity contribution in [3.63, 3.8) is 0 Å².